The van der Waals surface area contributed by atoms with Gasteiger partial charge in [0.1, 0.15) is 0 Å². The predicted molar refractivity (Wildman–Crippen MR) is 93.9 cm³/mol. The summed E-state index contributed by atoms with van der Waals surface area (Å²) in [6.45, 7) is -3.58. The van der Waals surface area contributed by atoms with Gasteiger partial charge in [0.2, 0.25) is 0 Å². The number of hydrogen-bond acceptors (Lipinski definition) is 1. The van der Waals surface area contributed by atoms with E-state index in [4.69, 9.17) is 0 Å². The van der Waals surface area contributed by atoms with Crippen LogP contribution in [0.15, 0.2) is 54.6 Å². The summed E-state index contributed by atoms with van der Waals surface area (Å²) < 4.78 is 13.8. The Balaban J connectivity index is 1.36. The average molecular weight is 384 g/mol. The maximum absolute atomic E-state index is 12.9. The van der Waals surface area contributed by atoms with Gasteiger partial charge in [0.05, 0.1) is 0 Å². The van der Waals surface area contributed by atoms with E-state index >= 15 is 0 Å². The molecule has 0 aromatic heterocycles. The molecular weight excluding hydrogens is 367 g/mol. The number of rotatable bonds is 3. The molecule has 2 aromatic carbocycles. The van der Waals surface area contributed by atoms with Crippen LogP contribution in [0.4, 0.5) is 0 Å². The molecule has 12 rings (SSSR count). The van der Waals surface area contributed by atoms with E-state index in [1.54, 1.807) is 5.56 Å². The zero-order chi connectivity index (χ0) is 15.7. The van der Waals surface area contributed by atoms with Crippen molar-refractivity contribution in [2.75, 3.05) is 0 Å². The van der Waals surface area contributed by atoms with Gasteiger partial charge in [-0.1, -0.05) is 0 Å². The molecule has 2 aromatic rings. The van der Waals surface area contributed by atoms with E-state index in [-0.39, 0.29) is 0 Å². The third-order valence-electron chi connectivity index (χ3n) is 17.3. The van der Waals surface area contributed by atoms with Crippen LogP contribution in [0.1, 0.15) is 5.56 Å². The van der Waals surface area contributed by atoms with Crippen molar-refractivity contribution in [3.63, 3.8) is 0 Å². The molecule has 0 saturated carbocycles. The molecule has 10 fully saturated rings. The number of benzene rings is 2. The Labute approximate surface area is 137 Å². The van der Waals surface area contributed by atoms with Crippen LogP contribution in [0.25, 0.3) is 11.1 Å². The van der Waals surface area contributed by atoms with Crippen LogP contribution < -0.4 is 0 Å². The molecule has 124 valence electrons. The van der Waals surface area contributed by atoms with Crippen molar-refractivity contribution in [1.82, 2.24) is 0 Å². The second kappa shape index (κ2) is 1.14. The topological polar surface area (TPSA) is 17.1 Å². The van der Waals surface area contributed by atoms with Crippen LogP contribution in [-0.4, -0.2) is 4.05 Å². The van der Waals surface area contributed by atoms with Gasteiger partial charge >= 0.3 is 138 Å². The molecule has 0 N–H and O–H groups in total. The Morgan fingerprint density at radius 3 is 1.96 bits per heavy atom. The molecular formula is C22H17FeOP. The van der Waals surface area contributed by atoms with E-state index in [0.29, 0.717) is 16.8 Å². The summed E-state index contributed by atoms with van der Waals surface area (Å²) in [5, 5.41) is 0. The molecule has 0 radical (unpaired) electrons. The van der Waals surface area contributed by atoms with Crippen LogP contribution in [0.3, 0.4) is 0 Å². The standard InChI is InChI=1S/C17H12OP.C5H5.Fe/c18-19-17-12-6-11-16(17)15-10-5-4-9-14(15)13-7-2-1-3-8-13;1-2-4-5-3-1;/h1-12H;1-5H;. The molecule has 10 aliphatic heterocycles. The van der Waals surface area contributed by atoms with Crippen LogP contribution in [0.5, 0.6) is 0 Å². The molecule has 5 unspecified atom stereocenters. The van der Waals surface area contributed by atoms with Crippen molar-refractivity contribution in [3.8, 4) is 11.1 Å². The Hall–Kier alpha value is -0.941. The molecule has 0 aliphatic carbocycles. The molecule has 10 heterocycles. The van der Waals surface area contributed by atoms with Crippen molar-refractivity contribution in [2.45, 2.75) is 46.9 Å². The van der Waals surface area contributed by atoms with Gasteiger partial charge in [-0.05, 0) is 0 Å². The van der Waals surface area contributed by atoms with Crippen molar-refractivity contribution >= 4 is 8.46 Å². The molecule has 1 spiro atoms. The first-order valence-corrected chi connectivity index (χ1v) is 16.8. The van der Waals surface area contributed by atoms with E-state index in [1.807, 2.05) is 0 Å². The van der Waals surface area contributed by atoms with Gasteiger partial charge in [0.25, 0.3) is 0 Å². The van der Waals surface area contributed by atoms with Gasteiger partial charge in [0, 0.05) is 0 Å². The van der Waals surface area contributed by atoms with Crippen molar-refractivity contribution in [2.24, 2.45) is 0 Å². The minimum atomic E-state index is -3.58. The summed E-state index contributed by atoms with van der Waals surface area (Å²) in [5.74, 6) is 0. The Bertz CT molecular complexity index is 1540. The second-order valence-corrected chi connectivity index (χ2v) is 37.2. The van der Waals surface area contributed by atoms with E-state index in [2.05, 4.69) is 54.6 Å². The fourth-order valence-corrected chi connectivity index (χ4v) is 103. The van der Waals surface area contributed by atoms with E-state index in [9.17, 15) is 4.57 Å². The van der Waals surface area contributed by atoms with Crippen molar-refractivity contribution < 1.29 is 11.1 Å². The summed E-state index contributed by atoms with van der Waals surface area (Å²) in [5.41, 5.74) is 4.55. The first-order valence-electron chi connectivity index (χ1n) is 9.79. The monoisotopic (exact) mass is 384 g/mol. The van der Waals surface area contributed by atoms with Crippen LogP contribution in [-0.2, 0) is 15.4 Å². The van der Waals surface area contributed by atoms with Gasteiger partial charge in [-0.15, -0.1) is 0 Å². The van der Waals surface area contributed by atoms with Gasteiger partial charge in [-0.25, -0.2) is 0 Å². The molecule has 10 aliphatic rings. The van der Waals surface area contributed by atoms with Crippen LogP contribution >= 0.6 is 8.46 Å². The number of fused-ring (bicyclic) bond motifs is 10. The predicted octanol–water partition coefficient (Wildman–Crippen LogP) is 6.35. The summed E-state index contributed by atoms with van der Waals surface area (Å²) >= 11 is 0. The zero-order valence-electron chi connectivity index (χ0n) is 13.5. The third kappa shape index (κ3) is 0.154. The minimum absolute atomic E-state index is 0.372. The summed E-state index contributed by atoms with van der Waals surface area (Å²) in [7, 11) is 0.607. The third-order valence-corrected chi connectivity index (χ3v) is 64.6. The molecule has 0 amide bonds. The van der Waals surface area contributed by atoms with Crippen molar-refractivity contribution in [3.05, 3.63) is 60.2 Å². The molecule has 1 nitrogen and oxygen atoms in total. The fourth-order valence-electron chi connectivity index (χ4n) is 19.1. The van der Waals surface area contributed by atoms with E-state index < -0.39 is 6.51 Å². The Morgan fingerprint density at radius 1 is 0.760 bits per heavy atom. The zero-order valence-corrected chi connectivity index (χ0v) is 15.5. The maximum atomic E-state index is 12.9. The van der Waals surface area contributed by atoms with Crippen LogP contribution in [0, 0.1) is 0 Å². The average Bonchev–Trinajstić information content (AvgIpc) is 3.62. The second-order valence-electron chi connectivity index (χ2n) is 12.7. The molecule has 3 heteroatoms. The fraction of sp³-hybridized carbons (Fsp3) is 0.455. The molecule has 5 atom stereocenters. The van der Waals surface area contributed by atoms with E-state index in [1.165, 1.54) is 40.0 Å². The van der Waals surface area contributed by atoms with Gasteiger partial charge in [-0.3, -0.25) is 0 Å². The molecule has 0 bridgehead atoms. The van der Waals surface area contributed by atoms with Gasteiger partial charge in [0.15, 0.2) is 0 Å². The Morgan fingerprint density at radius 2 is 1.40 bits per heavy atom. The first-order chi connectivity index (χ1) is 12.1. The summed E-state index contributed by atoms with van der Waals surface area (Å²) in [4.78, 5) is 9.31. The summed E-state index contributed by atoms with van der Waals surface area (Å²) in [6.07, 6.45) is 0. The van der Waals surface area contributed by atoms with E-state index in [0.717, 1.165) is 9.63 Å². The van der Waals surface area contributed by atoms with Crippen molar-refractivity contribution in [1.29, 1.82) is 0 Å². The van der Waals surface area contributed by atoms with Crippen LogP contribution in [0.2, 0.25) is 38.5 Å². The first kappa shape index (κ1) is 10.4. The molecule has 10 saturated heterocycles. The molecule has 25 heavy (non-hydrogen) atoms. The summed E-state index contributed by atoms with van der Waals surface area (Å²) in [6, 6.07) is 20.4. The SMILES string of the molecule is O=P[C]12[CH]3[CH]4[CH]5[C]1(c1ccccc1-c1ccccc1)[Fe]43521678[CH]2[CH]1[CH]6[CH]7[CH]28. The van der Waals surface area contributed by atoms with Gasteiger partial charge < -0.3 is 0 Å². The number of hydrogen-bond donors (Lipinski definition) is 0. The van der Waals surface area contributed by atoms with Gasteiger partial charge in [-0.2, -0.15) is 0 Å². The Kier molecular flexibility index (Phi) is 0.476. The normalized spacial score (nSPS) is 87.7. The quantitative estimate of drug-likeness (QED) is 0.445.